The first-order valence-electron chi connectivity index (χ1n) is 5.23. The minimum atomic E-state index is 0.175. The fourth-order valence-electron chi connectivity index (χ4n) is 1.71. The van der Waals surface area contributed by atoms with E-state index in [1.807, 2.05) is 0 Å². The molecule has 75 valence electrons. The number of hydrogen-bond acceptors (Lipinski definition) is 1. The van der Waals surface area contributed by atoms with E-state index < -0.39 is 0 Å². The molecule has 0 heterocycles. The third-order valence-electron chi connectivity index (χ3n) is 2.43. The topological polar surface area (TPSA) is 9.23 Å². The van der Waals surface area contributed by atoms with E-state index in [2.05, 4.69) is 48.6 Å². The minimum absolute atomic E-state index is 0.175. The quantitative estimate of drug-likeness (QED) is 0.671. The third kappa shape index (κ3) is 2.69. The highest BCUT2D eigenvalue weighted by Gasteiger charge is 2.10. The van der Waals surface area contributed by atoms with E-state index in [9.17, 15) is 0 Å². The van der Waals surface area contributed by atoms with Gasteiger partial charge in [0.1, 0.15) is 0 Å². The normalized spacial score (nSPS) is 12.8. The van der Waals surface area contributed by atoms with Crippen LogP contribution in [0.2, 0.25) is 0 Å². The molecule has 1 nitrogen and oxygen atoms in total. The van der Waals surface area contributed by atoms with E-state index in [1.165, 1.54) is 17.5 Å². The summed E-state index contributed by atoms with van der Waals surface area (Å²) < 4.78 is 5.28. The Labute approximate surface area is 90.0 Å². The van der Waals surface area contributed by atoms with Gasteiger partial charge in [-0.05, 0) is 24.0 Å². The monoisotopic (exact) mass is 205 g/mol. The second-order valence-electron chi connectivity index (χ2n) is 3.46. The molecule has 0 aliphatic rings. The predicted molar refractivity (Wildman–Crippen MR) is 60.3 cm³/mol. The van der Waals surface area contributed by atoms with Crippen molar-refractivity contribution in [1.29, 1.82) is 0 Å². The zero-order valence-corrected chi connectivity index (χ0v) is 9.92. The summed E-state index contributed by atoms with van der Waals surface area (Å²) in [5.74, 6) is 0. The minimum Gasteiger partial charge on any atom is -0.412 e. The third-order valence-corrected chi connectivity index (χ3v) is 2.72. The molecule has 1 aromatic rings. The second-order valence-corrected chi connectivity index (χ2v) is 3.70. The zero-order valence-electron chi connectivity index (χ0n) is 8.92. The van der Waals surface area contributed by atoms with E-state index in [4.69, 9.17) is 4.43 Å². The number of hydrogen-bond donors (Lipinski definition) is 0. The predicted octanol–water partition coefficient (Wildman–Crippen LogP) is 3.19. The molecular formula is C12H17OSi. The fraction of sp³-hybridized carbons (Fsp3) is 0.500. The molecule has 0 fully saturated rings. The molecule has 1 rings (SSSR count). The summed E-state index contributed by atoms with van der Waals surface area (Å²) in [6, 6.07) is 8.50. The molecule has 0 saturated carbocycles. The lowest BCUT2D eigenvalue weighted by atomic mass is 9.98. The van der Waals surface area contributed by atoms with Crippen LogP contribution in [0.25, 0.3) is 0 Å². The highest BCUT2D eigenvalue weighted by molar-refractivity contribution is 5.98. The second kappa shape index (κ2) is 5.99. The van der Waals surface area contributed by atoms with Crippen LogP contribution in [0.1, 0.15) is 43.9 Å². The van der Waals surface area contributed by atoms with Gasteiger partial charge >= 0.3 is 0 Å². The molecule has 0 bridgehead atoms. The summed E-state index contributed by atoms with van der Waals surface area (Å²) in [5.41, 5.74) is 2.71. The van der Waals surface area contributed by atoms with Crippen LogP contribution in [0.15, 0.2) is 24.3 Å². The molecule has 0 N–H and O–H groups in total. The smallest absolute Gasteiger partial charge is 0.247 e. The highest BCUT2D eigenvalue weighted by Crippen LogP contribution is 2.24. The van der Waals surface area contributed by atoms with Crippen molar-refractivity contribution < 1.29 is 4.43 Å². The molecular weight excluding hydrogens is 188 g/mol. The number of benzene rings is 1. The lowest BCUT2D eigenvalue weighted by molar-refractivity contribution is 0.221. The Kier molecular flexibility index (Phi) is 4.91. The van der Waals surface area contributed by atoms with E-state index >= 15 is 0 Å². The van der Waals surface area contributed by atoms with E-state index in [1.54, 1.807) is 0 Å². The van der Waals surface area contributed by atoms with Gasteiger partial charge in [0.05, 0.1) is 6.10 Å². The van der Waals surface area contributed by atoms with E-state index in [0.717, 1.165) is 12.8 Å². The average molecular weight is 205 g/mol. The standard InChI is InChI=1S/C12H17OSi/c1-3-7-10-8-5-6-9-11(10)12(4-2)13-14/h5-6,8-9,12H,3-4,7H2,1-2H3. The fourth-order valence-corrected chi connectivity index (χ4v) is 2.01. The van der Waals surface area contributed by atoms with Gasteiger partial charge in [0, 0.05) is 0 Å². The largest absolute Gasteiger partial charge is 0.412 e. The first-order chi connectivity index (χ1) is 6.83. The lowest BCUT2D eigenvalue weighted by Gasteiger charge is -2.17. The Hall–Kier alpha value is -0.603. The van der Waals surface area contributed by atoms with Crippen LogP contribution in [-0.2, 0) is 10.8 Å². The SMILES string of the molecule is CCCc1ccccc1C(CC)O[Si]. The Balaban J connectivity index is 2.92. The highest BCUT2D eigenvalue weighted by atomic mass is 28.2. The molecule has 0 aromatic heterocycles. The molecule has 0 spiro atoms. The zero-order chi connectivity index (χ0) is 10.4. The summed E-state index contributed by atoms with van der Waals surface area (Å²) in [4.78, 5) is 0. The molecule has 1 unspecified atom stereocenters. The van der Waals surface area contributed by atoms with Crippen LogP contribution in [-0.4, -0.2) is 10.5 Å². The Morgan fingerprint density at radius 2 is 2.00 bits per heavy atom. The van der Waals surface area contributed by atoms with Gasteiger partial charge in [-0.2, -0.15) is 0 Å². The Morgan fingerprint density at radius 3 is 2.57 bits per heavy atom. The molecule has 2 heteroatoms. The van der Waals surface area contributed by atoms with Crippen molar-refractivity contribution >= 4 is 10.5 Å². The number of rotatable bonds is 5. The summed E-state index contributed by atoms with van der Waals surface area (Å²) in [5, 5.41) is 0. The number of aryl methyl sites for hydroxylation is 1. The van der Waals surface area contributed by atoms with Crippen molar-refractivity contribution in [2.75, 3.05) is 0 Å². The van der Waals surface area contributed by atoms with Crippen molar-refractivity contribution in [3.63, 3.8) is 0 Å². The molecule has 0 saturated heterocycles. The van der Waals surface area contributed by atoms with Crippen molar-refractivity contribution in [1.82, 2.24) is 0 Å². The summed E-state index contributed by atoms with van der Waals surface area (Å²) in [6.07, 6.45) is 3.47. The molecule has 0 amide bonds. The van der Waals surface area contributed by atoms with Crippen molar-refractivity contribution in [3.8, 4) is 0 Å². The molecule has 1 aromatic carbocycles. The summed E-state index contributed by atoms with van der Waals surface area (Å²) in [6.45, 7) is 4.33. The van der Waals surface area contributed by atoms with Crippen molar-refractivity contribution in [2.24, 2.45) is 0 Å². The first kappa shape index (κ1) is 11.5. The van der Waals surface area contributed by atoms with Gasteiger partial charge in [0.2, 0.25) is 10.5 Å². The molecule has 0 aliphatic carbocycles. The lowest BCUT2D eigenvalue weighted by Crippen LogP contribution is -2.04. The van der Waals surface area contributed by atoms with Gasteiger partial charge in [-0.15, -0.1) is 0 Å². The molecule has 0 aliphatic heterocycles. The van der Waals surface area contributed by atoms with Crippen LogP contribution in [0.4, 0.5) is 0 Å². The molecule has 14 heavy (non-hydrogen) atoms. The summed E-state index contributed by atoms with van der Waals surface area (Å²) in [7, 11) is 3.15. The Morgan fingerprint density at radius 1 is 1.29 bits per heavy atom. The van der Waals surface area contributed by atoms with Gasteiger partial charge < -0.3 is 4.43 Å². The summed E-state index contributed by atoms with van der Waals surface area (Å²) >= 11 is 0. The average Bonchev–Trinajstić information content (AvgIpc) is 2.23. The van der Waals surface area contributed by atoms with Gasteiger partial charge in [0.25, 0.3) is 0 Å². The van der Waals surface area contributed by atoms with Crippen LogP contribution >= 0.6 is 0 Å². The van der Waals surface area contributed by atoms with Crippen LogP contribution in [0, 0.1) is 0 Å². The van der Waals surface area contributed by atoms with Gasteiger partial charge in [0.15, 0.2) is 0 Å². The molecule has 1 atom stereocenters. The maximum Gasteiger partial charge on any atom is 0.247 e. The van der Waals surface area contributed by atoms with Crippen LogP contribution in [0.5, 0.6) is 0 Å². The van der Waals surface area contributed by atoms with Gasteiger partial charge in [-0.1, -0.05) is 44.5 Å². The first-order valence-corrected chi connectivity index (χ1v) is 5.64. The molecule has 3 radical (unpaired) electrons. The van der Waals surface area contributed by atoms with Crippen LogP contribution in [0.3, 0.4) is 0 Å². The van der Waals surface area contributed by atoms with E-state index in [-0.39, 0.29) is 6.10 Å². The van der Waals surface area contributed by atoms with Crippen LogP contribution < -0.4 is 0 Å². The van der Waals surface area contributed by atoms with Crippen molar-refractivity contribution in [3.05, 3.63) is 35.4 Å². The maximum atomic E-state index is 5.28. The Bertz CT molecular complexity index is 269. The maximum absolute atomic E-state index is 5.28. The van der Waals surface area contributed by atoms with E-state index in [0.29, 0.717) is 0 Å². The van der Waals surface area contributed by atoms with Crippen molar-refractivity contribution in [2.45, 2.75) is 39.2 Å². The van der Waals surface area contributed by atoms with Gasteiger partial charge in [-0.25, -0.2) is 0 Å². The van der Waals surface area contributed by atoms with Gasteiger partial charge in [-0.3, -0.25) is 0 Å².